The SMILES string of the molecule is O=c1c2ccccc2oc2c1c(O)cc1oc(-c3ccc(Br)cc3)nc12. The van der Waals surface area contributed by atoms with Gasteiger partial charge < -0.3 is 13.9 Å². The molecule has 6 heteroatoms. The van der Waals surface area contributed by atoms with Crippen molar-refractivity contribution in [1.82, 2.24) is 4.98 Å². The van der Waals surface area contributed by atoms with Crippen LogP contribution in [0.5, 0.6) is 5.75 Å². The molecule has 126 valence electrons. The molecule has 5 rings (SSSR count). The molecule has 5 nitrogen and oxygen atoms in total. The van der Waals surface area contributed by atoms with Gasteiger partial charge >= 0.3 is 0 Å². The number of phenols is 1. The fraction of sp³-hybridized carbons (Fsp3) is 0. The molecule has 3 aromatic carbocycles. The maximum atomic E-state index is 12.8. The van der Waals surface area contributed by atoms with Crippen LogP contribution in [0, 0.1) is 0 Å². The van der Waals surface area contributed by atoms with E-state index in [1.807, 2.05) is 24.3 Å². The lowest BCUT2D eigenvalue weighted by atomic mass is 10.1. The van der Waals surface area contributed by atoms with E-state index < -0.39 is 0 Å². The summed E-state index contributed by atoms with van der Waals surface area (Å²) in [7, 11) is 0. The number of hydrogen-bond acceptors (Lipinski definition) is 5. The molecule has 0 unspecified atom stereocenters. The number of aromatic nitrogens is 1. The number of rotatable bonds is 1. The lowest BCUT2D eigenvalue weighted by Gasteiger charge is -2.03. The van der Waals surface area contributed by atoms with Crippen LogP contribution < -0.4 is 5.43 Å². The number of halogens is 1. The number of fused-ring (bicyclic) bond motifs is 4. The van der Waals surface area contributed by atoms with Gasteiger partial charge in [-0.25, -0.2) is 4.98 Å². The largest absolute Gasteiger partial charge is 0.507 e. The molecule has 2 aromatic heterocycles. The Balaban J connectivity index is 1.89. The second-order valence-corrected chi connectivity index (χ2v) is 6.82. The van der Waals surface area contributed by atoms with Crippen molar-refractivity contribution in [3.63, 3.8) is 0 Å². The van der Waals surface area contributed by atoms with Crippen molar-refractivity contribution in [3.8, 4) is 17.2 Å². The summed E-state index contributed by atoms with van der Waals surface area (Å²) in [5.74, 6) is 0.195. The van der Waals surface area contributed by atoms with Crippen molar-refractivity contribution in [1.29, 1.82) is 0 Å². The Morgan fingerprint density at radius 3 is 2.54 bits per heavy atom. The molecule has 0 radical (unpaired) electrons. The molecule has 0 aliphatic rings. The smallest absolute Gasteiger partial charge is 0.227 e. The summed E-state index contributed by atoms with van der Waals surface area (Å²) in [5.41, 5.74) is 1.89. The average molecular weight is 408 g/mol. The summed E-state index contributed by atoms with van der Waals surface area (Å²) in [6, 6.07) is 15.8. The molecule has 2 heterocycles. The van der Waals surface area contributed by atoms with E-state index in [0.717, 1.165) is 10.0 Å². The van der Waals surface area contributed by atoms with Crippen LogP contribution in [0.25, 0.3) is 44.5 Å². The molecule has 1 N–H and O–H groups in total. The van der Waals surface area contributed by atoms with Crippen LogP contribution in [0.3, 0.4) is 0 Å². The van der Waals surface area contributed by atoms with Gasteiger partial charge in [-0.3, -0.25) is 4.79 Å². The van der Waals surface area contributed by atoms with Gasteiger partial charge in [0.05, 0.1) is 5.39 Å². The summed E-state index contributed by atoms with van der Waals surface area (Å²) in [6.45, 7) is 0. The first-order valence-corrected chi connectivity index (χ1v) is 8.65. The maximum Gasteiger partial charge on any atom is 0.227 e. The molecule has 0 saturated heterocycles. The Morgan fingerprint density at radius 2 is 1.73 bits per heavy atom. The minimum atomic E-state index is -0.297. The highest BCUT2D eigenvalue weighted by Gasteiger charge is 2.19. The van der Waals surface area contributed by atoms with E-state index in [-0.39, 0.29) is 22.1 Å². The van der Waals surface area contributed by atoms with Gasteiger partial charge in [-0.15, -0.1) is 0 Å². The summed E-state index contributed by atoms with van der Waals surface area (Å²) in [6.07, 6.45) is 0. The van der Waals surface area contributed by atoms with Crippen LogP contribution >= 0.6 is 15.9 Å². The zero-order chi connectivity index (χ0) is 17.8. The monoisotopic (exact) mass is 407 g/mol. The zero-order valence-electron chi connectivity index (χ0n) is 13.2. The predicted molar refractivity (Wildman–Crippen MR) is 102 cm³/mol. The summed E-state index contributed by atoms with van der Waals surface area (Å²) >= 11 is 3.39. The quantitative estimate of drug-likeness (QED) is 0.385. The zero-order valence-corrected chi connectivity index (χ0v) is 14.8. The van der Waals surface area contributed by atoms with Gasteiger partial charge in [0.2, 0.25) is 11.3 Å². The van der Waals surface area contributed by atoms with E-state index in [0.29, 0.717) is 28.0 Å². The van der Waals surface area contributed by atoms with Crippen molar-refractivity contribution < 1.29 is 13.9 Å². The highest BCUT2D eigenvalue weighted by Crippen LogP contribution is 2.35. The standard InChI is InChI=1S/C20H10BrNO4/c21-11-7-5-10(6-8-11)20-22-17-15(26-20)9-13(23)16-18(24)12-3-1-2-4-14(12)25-19(16)17/h1-9,23H. The van der Waals surface area contributed by atoms with Crippen molar-refractivity contribution in [2.24, 2.45) is 0 Å². The third kappa shape index (κ3) is 2.16. The lowest BCUT2D eigenvalue weighted by molar-refractivity contribution is 0.479. The normalized spacial score (nSPS) is 11.6. The van der Waals surface area contributed by atoms with Gasteiger partial charge in [0.1, 0.15) is 16.7 Å². The van der Waals surface area contributed by atoms with Crippen molar-refractivity contribution in [3.05, 3.63) is 69.3 Å². The number of benzene rings is 3. The van der Waals surface area contributed by atoms with Crippen molar-refractivity contribution in [2.45, 2.75) is 0 Å². The first-order valence-electron chi connectivity index (χ1n) is 7.86. The van der Waals surface area contributed by atoms with Crippen LogP contribution in [-0.4, -0.2) is 10.1 Å². The molecule has 0 amide bonds. The summed E-state index contributed by atoms with van der Waals surface area (Å²) in [4.78, 5) is 17.3. The van der Waals surface area contributed by atoms with Gasteiger partial charge in [0, 0.05) is 16.1 Å². The topological polar surface area (TPSA) is 76.5 Å². The van der Waals surface area contributed by atoms with E-state index >= 15 is 0 Å². The Kier molecular flexibility index (Phi) is 3.17. The lowest BCUT2D eigenvalue weighted by Crippen LogP contribution is -2.02. The van der Waals surface area contributed by atoms with E-state index in [1.54, 1.807) is 24.3 Å². The molecule has 0 atom stereocenters. The third-order valence-electron chi connectivity index (χ3n) is 4.28. The van der Waals surface area contributed by atoms with E-state index in [1.165, 1.54) is 6.07 Å². The van der Waals surface area contributed by atoms with Crippen LogP contribution in [-0.2, 0) is 0 Å². The molecule has 0 aliphatic heterocycles. The number of hydrogen-bond donors (Lipinski definition) is 1. The molecule has 26 heavy (non-hydrogen) atoms. The van der Waals surface area contributed by atoms with Gasteiger partial charge in [0.25, 0.3) is 0 Å². The Hall–Kier alpha value is -3.12. The number of oxazole rings is 1. The van der Waals surface area contributed by atoms with Gasteiger partial charge in [-0.1, -0.05) is 28.1 Å². The van der Waals surface area contributed by atoms with E-state index in [9.17, 15) is 9.90 Å². The molecule has 5 aromatic rings. The summed E-state index contributed by atoms with van der Waals surface area (Å²) < 4.78 is 12.6. The molecular formula is C20H10BrNO4. The van der Waals surface area contributed by atoms with Crippen LogP contribution in [0.4, 0.5) is 0 Å². The van der Waals surface area contributed by atoms with Gasteiger partial charge in [0.15, 0.2) is 16.7 Å². The molecule has 0 aliphatic carbocycles. The summed E-state index contributed by atoms with van der Waals surface area (Å²) in [5, 5.41) is 10.9. The second kappa shape index (κ2) is 5.44. The molecule has 0 spiro atoms. The van der Waals surface area contributed by atoms with Crippen LogP contribution in [0.1, 0.15) is 0 Å². The fourth-order valence-corrected chi connectivity index (χ4v) is 3.31. The van der Waals surface area contributed by atoms with Gasteiger partial charge in [-0.2, -0.15) is 0 Å². The highest BCUT2D eigenvalue weighted by atomic mass is 79.9. The number of nitrogens with zero attached hydrogens (tertiary/aromatic N) is 1. The minimum absolute atomic E-state index is 0.104. The van der Waals surface area contributed by atoms with E-state index in [4.69, 9.17) is 8.83 Å². The van der Waals surface area contributed by atoms with Crippen molar-refractivity contribution >= 4 is 49.0 Å². The maximum absolute atomic E-state index is 12.8. The van der Waals surface area contributed by atoms with Crippen LogP contribution in [0.15, 0.2) is 72.7 Å². The number of aromatic hydroxyl groups is 1. The molecule has 0 fully saturated rings. The Bertz CT molecular complexity index is 1370. The molecular weight excluding hydrogens is 398 g/mol. The average Bonchev–Trinajstić information content (AvgIpc) is 3.06. The first kappa shape index (κ1) is 15.2. The van der Waals surface area contributed by atoms with Gasteiger partial charge in [-0.05, 0) is 36.4 Å². The Labute approximate surface area is 154 Å². The second-order valence-electron chi connectivity index (χ2n) is 5.90. The van der Waals surface area contributed by atoms with Crippen molar-refractivity contribution in [2.75, 3.05) is 0 Å². The minimum Gasteiger partial charge on any atom is -0.507 e. The number of phenolic OH excluding ortho intramolecular Hbond substituents is 1. The van der Waals surface area contributed by atoms with Crippen LogP contribution in [0.2, 0.25) is 0 Å². The molecule has 0 saturated carbocycles. The number of para-hydroxylation sites is 1. The Morgan fingerprint density at radius 1 is 0.962 bits per heavy atom. The first-order chi connectivity index (χ1) is 12.6. The predicted octanol–water partition coefficient (Wildman–Crippen LogP) is 5.22. The molecule has 0 bridgehead atoms. The fourth-order valence-electron chi connectivity index (χ4n) is 3.05. The van der Waals surface area contributed by atoms with E-state index in [2.05, 4.69) is 20.9 Å². The third-order valence-corrected chi connectivity index (χ3v) is 4.81. The highest BCUT2D eigenvalue weighted by molar-refractivity contribution is 9.10.